The summed E-state index contributed by atoms with van der Waals surface area (Å²) < 4.78 is 10.6. The quantitative estimate of drug-likeness (QED) is 0.807. The lowest BCUT2D eigenvalue weighted by Crippen LogP contribution is -2.17. The largest absolute Gasteiger partial charge is 0.488 e. The molecular formula is C12H19NO2. The molecule has 0 bridgehead atoms. The zero-order valence-corrected chi connectivity index (χ0v) is 9.57. The predicted molar refractivity (Wildman–Crippen MR) is 61.0 cm³/mol. The number of nitrogens with two attached hydrogens (primary N) is 1. The second kappa shape index (κ2) is 5.73. The lowest BCUT2D eigenvalue weighted by Gasteiger charge is -2.14. The van der Waals surface area contributed by atoms with Crippen molar-refractivity contribution in [1.82, 2.24) is 0 Å². The van der Waals surface area contributed by atoms with Gasteiger partial charge in [0.2, 0.25) is 0 Å². The minimum Gasteiger partial charge on any atom is -0.488 e. The highest BCUT2D eigenvalue weighted by Gasteiger charge is 2.04. The van der Waals surface area contributed by atoms with Crippen LogP contribution in [0, 0.1) is 0 Å². The van der Waals surface area contributed by atoms with E-state index in [4.69, 9.17) is 15.2 Å². The van der Waals surface area contributed by atoms with E-state index in [0.717, 1.165) is 11.3 Å². The molecule has 0 fully saturated rings. The molecule has 0 aliphatic heterocycles. The van der Waals surface area contributed by atoms with Crippen LogP contribution in [-0.4, -0.2) is 19.8 Å². The number of rotatable bonds is 5. The average molecular weight is 209 g/mol. The number of hydrogen-bond donors (Lipinski definition) is 1. The van der Waals surface area contributed by atoms with Gasteiger partial charge in [-0.1, -0.05) is 12.1 Å². The van der Waals surface area contributed by atoms with Gasteiger partial charge in [0.1, 0.15) is 11.9 Å². The molecular weight excluding hydrogens is 190 g/mol. The number of methoxy groups -OCH3 is 1. The molecule has 3 nitrogen and oxygen atoms in total. The van der Waals surface area contributed by atoms with E-state index in [9.17, 15) is 0 Å². The van der Waals surface area contributed by atoms with Gasteiger partial charge in [-0.05, 0) is 31.5 Å². The summed E-state index contributed by atoms with van der Waals surface area (Å²) in [5.41, 5.74) is 6.86. The molecule has 84 valence electrons. The topological polar surface area (TPSA) is 44.5 Å². The Kier molecular flexibility index (Phi) is 4.59. The van der Waals surface area contributed by atoms with Crippen molar-refractivity contribution < 1.29 is 9.47 Å². The van der Waals surface area contributed by atoms with Gasteiger partial charge in [-0.15, -0.1) is 0 Å². The molecule has 2 atom stereocenters. The molecule has 0 aliphatic carbocycles. The van der Waals surface area contributed by atoms with Crippen molar-refractivity contribution in [3.63, 3.8) is 0 Å². The van der Waals surface area contributed by atoms with Gasteiger partial charge in [-0.3, -0.25) is 0 Å². The lowest BCUT2D eigenvalue weighted by atomic mass is 10.1. The molecule has 0 amide bonds. The summed E-state index contributed by atoms with van der Waals surface area (Å²) >= 11 is 0. The fraction of sp³-hybridized carbons (Fsp3) is 0.500. The highest BCUT2D eigenvalue weighted by atomic mass is 16.5. The van der Waals surface area contributed by atoms with Gasteiger partial charge in [0.05, 0.1) is 6.61 Å². The van der Waals surface area contributed by atoms with Crippen LogP contribution in [0.15, 0.2) is 24.3 Å². The minimum absolute atomic E-state index is 0.0652. The molecule has 2 N–H and O–H groups in total. The predicted octanol–water partition coefficient (Wildman–Crippen LogP) is 2.12. The third-order valence-electron chi connectivity index (χ3n) is 2.14. The summed E-state index contributed by atoms with van der Waals surface area (Å²) in [5.74, 6) is 0.851. The Morgan fingerprint density at radius 3 is 2.27 bits per heavy atom. The van der Waals surface area contributed by atoms with E-state index in [1.54, 1.807) is 7.11 Å². The van der Waals surface area contributed by atoms with Gasteiger partial charge in [0.15, 0.2) is 0 Å². The fourth-order valence-corrected chi connectivity index (χ4v) is 1.35. The van der Waals surface area contributed by atoms with Crippen LogP contribution in [0.1, 0.15) is 25.5 Å². The van der Waals surface area contributed by atoms with Crippen LogP contribution in [0.2, 0.25) is 0 Å². The number of hydrogen-bond acceptors (Lipinski definition) is 3. The van der Waals surface area contributed by atoms with Gasteiger partial charge in [-0.2, -0.15) is 0 Å². The Morgan fingerprint density at radius 2 is 1.80 bits per heavy atom. The van der Waals surface area contributed by atoms with Crippen molar-refractivity contribution >= 4 is 0 Å². The zero-order valence-electron chi connectivity index (χ0n) is 9.57. The highest BCUT2D eigenvalue weighted by molar-refractivity contribution is 5.28. The third kappa shape index (κ3) is 3.90. The van der Waals surface area contributed by atoms with Crippen molar-refractivity contribution in [3.8, 4) is 5.75 Å². The standard InChI is InChI=1S/C12H19NO2/c1-9(8-14-3)15-12-6-4-11(5-7-12)10(2)13/h4-7,9-10H,8,13H2,1-3H3. The van der Waals surface area contributed by atoms with Gasteiger partial charge >= 0.3 is 0 Å². The first-order chi connectivity index (χ1) is 7.13. The molecule has 1 rings (SSSR count). The molecule has 0 spiro atoms. The molecule has 3 heteroatoms. The van der Waals surface area contributed by atoms with Gasteiger partial charge < -0.3 is 15.2 Å². The van der Waals surface area contributed by atoms with Crippen molar-refractivity contribution in [3.05, 3.63) is 29.8 Å². The maximum Gasteiger partial charge on any atom is 0.119 e. The molecule has 15 heavy (non-hydrogen) atoms. The molecule has 0 aromatic heterocycles. The van der Waals surface area contributed by atoms with E-state index in [2.05, 4.69) is 0 Å². The number of ether oxygens (including phenoxy) is 2. The van der Waals surface area contributed by atoms with Crippen molar-refractivity contribution in [2.45, 2.75) is 26.0 Å². The van der Waals surface area contributed by atoms with E-state index >= 15 is 0 Å². The van der Waals surface area contributed by atoms with Crippen LogP contribution >= 0.6 is 0 Å². The first kappa shape index (κ1) is 12.0. The van der Waals surface area contributed by atoms with Gasteiger partial charge in [0.25, 0.3) is 0 Å². The minimum atomic E-state index is 0.0652. The van der Waals surface area contributed by atoms with Crippen LogP contribution in [0.3, 0.4) is 0 Å². The summed E-state index contributed by atoms with van der Waals surface area (Å²) in [5, 5.41) is 0. The summed E-state index contributed by atoms with van der Waals surface area (Å²) in [6.07, 6.45) is 0.0659. The second-order valence-electron chi connectivity index (χ2n) is 3.74. The third-order valence-corrected chi connectivity index (χ3v) is 2.14. The Labute approximate surface area is 91.2 Å². The van der Waals surface area contributed by atoms with E-state index < -0.39 is 0 Å². The van der Waals surface area contributed by atoms with E-state index in [1.807, 2.05) is 38.1 Å². The summed E-state index contributed by atoms with van der Waals surface area (Å²) in [4.78, 5) is 0. The molecule has 0 heterocycles. The first-order valence-corrected chi connectivity index (χ1v) is 5.14. The van der Waals surface area contributed by atoms with Crippen LogP contribution in [0.4, 0.5) is 0 Å². The maximum absolute atomic E-state index is 5.75. The summed E-state index contributed by atoms with van der Waals surface area (Å²) in [7, 11) is 1.67. The monoisotopic (exact) mass is 209 g/mol. The zero-order chi connectivity index (χ0) is 11.3. The smallest absolute Gasteiger partial charge is 0.119 e. The van der Waals surface area contributed by atoms with E-state index in [0.29, 0.717) is 6.61 Å². The Bertz CT molecular complexity index is 282. The van der Waals surface area contributed by atoms with Crippen LogP contribution in [-0.2, 0) is 4.74 Å². The molecule has 0 aliphatic rings. The Morgan fingerprint density at radius 1 is 1.20 bits per heavy atom. The molecule has 1 aromatic carbocycles. The molecule has 0 radical (unpaired) electrons. The van der Waals surface area contributed by atoms with E-state index in [1.165, 1.54) is 0 Å². The molecule has 0 saturated carbocycles. The second-order valence-corrected chi connectivity index (χ2v) is 3.74. The van der Waals surface area contributed by atoms with Gasteiger partial charge in [0, 0.05) is 13.2 Å². The van der Waals surface area contributed by atoms with E-state index in [-0.39, 0.29) is 12.1 Å². The fourth-order valence-electron chi connectivity index (χ4n) is 1.35. The van der Waals surface area contributed by atoms with Crippen LogP contribution < -0.4 is 10.5 Å². The molecule has 2 unspecified atom stereocenters. The SMILES string of the molecule is COCC(C)Oc1ccc(C(C)N)cc1. The average Bonchev–Trinajstić information content (AvgIpc) is 2.18. The Hall–Kier alpha value is -1.06. The maximum atomic E-state index is 5.75. The lowest BCUT2D eigenvalue weighted by molar-refractivity contribution is 0.0921. The first-order valence-electron chi connectivity index (χ1n) is 5.14. The number of benzene rings is 1. The summed E-state index contributed by atoms with van der Waals surface area (Å²) in [6, 6.07) is 7.91. The summed E-state index contributed by atoms with van der Waals surface area (Å²) in [6.45, 7) is 4.53. The van der Waals surface area contributed by atoms with Crippen LogP contribution in [0.5, 0.6) is 5.75 Å². The van der Waals surface area contributed by atoms with Crippen molar-refractivity contribution in [2.24, 2.45) is 5.73 Å². The van der Waals surface area contributed by atoms with Crippen molar-refractivity contribution in [2.75, 3.05) is 13.7 Å². The Balaban J connectivity index is 2.56. The molecule has 0 saturated heterocycles. The molecule has 1 aromatic rings. The highest BCUT2D eigenvalue weighted by Crippen LogP contribution is 2.17. The van der Waals surface area contributed by atoms with Crippen molar-refractivity contribution in [1.29, 1.82) is 0 Å². The normalized spacial score (nSPS) is 14.7. The van der Waals surface area contributed by atoms with Gasteiger partial charge in [-0.25, -0.2) is 0 Å². The van der Waals surface area contributed by atoms with Crippen LogP contribution in [0.25, 0.3) is 0 Å².